The van der Waals surface area contributed by atoms with Gasteiger partial charge >= 0.3 is 0 Å². The van der Waals surface area contributed by atoms with E-state index in [1.165, 1.54) is 11.1 Å². The number of unbranched alkanes of at least 4 members (excludes halogenated alkanes) is 1. The van der Waals surface area contributed by atoms with Gasteiger partial charge in [0.2, 0.25) is 11.8 Å². The summed E-state index contributed by atoms with van der Waals surface area (Å²) in [5.41, 5.74) is 2.54. The van der Waals surface area contributed by atoms with Crippen LogP contribution in [0.3, 0.4) is 0 Å². The van der Waals surface area contributed by atoms with Gasteiger partial charge in [0.05, 0.1) is 6.04 Å². The first-order valence-electron chi connectivity index (χ1n) is 11.1. The standard InChI is InChI=1S/C25H33N3O2.ClH/c1-2-3-16-26-23(29)14-15-24(30)27-17-19-28(20-18-27)25(21-10-6-4-7-11-21)22-12-8-5-9-13-22;/h4-13,25H,2-3,14-20H2,1H3,(H,26,29);1H/p-1. The Morgan fingerprint density at radius 3 is 1.94 bits per heavy atom. The highest BCUT2D eigenvalue weighted by atomic mass is 35.5. The molecule has 2 aromatic rings. The minimum atomic E-state index is -0.0244. The van der Waals surface area contributed by atoms with E-state index in [4.69, 9.17) is 0 Å². The summed E-state index contributed by atoms with van der Waals surface area (Å²) in [6.45, 7) is 5.84. The highest BCUT2D eigenvalue weighted by Gasteiger charge is 2.28. The smallest absolute Gasteiger partial charge is 0.223 e. The van der Waals surface area contributed by atoms with E-state index < -0.39 is 0 Å². The number of amides is 2. The molecule has 5 nitrogen and oxygen atoms in total. The lowest BCUT2D eigenvalue weighted by Gasteiger charge is -2.39. The van der Waals surface area contributed by atoms with E-state index in [2.05, 4.69) is 65.7 Å². The van der Waals surface area contributed by atoms with Gasteiger partial charge in [-0.1, -0.05) is 74.0 Å². The Morgan fingerprint density at radius 1 is 0.871 bits per heavy atom. The van der Waals surface area contributed by atoms with Crippen LogP contribution < -0.4 is 17.7 Å². The van der Waals surface area contributed by atoms with E-state index in [1.807, 2.05) is 17.0 Å². The molecule has 3 rings (SSSR count). The van der Waals surface area contributed by atoms with Gasteiger partial charge in [-0.05, 0) is 17.5 Å². The Morgan fingerprint density at radius 2 is 1.42 bits per heavy atom. The SMILES string of the molecule is CCCCNC(=O)CCC(=O)N1CCN(C(c2ccccc2)c2ccccc2)CC1.[Cl-]. The van der Waals surface area contributed by atoms with Gasteiger partial charge in [0, 0.05) is 45.6 Å². The van der Waals surface area contributed by atoms with Crippen LogP contribution in [0.25, 0.3) is 0 Å². The first-order chi connectivity index (χ1) is 14.7. The number of rotatable bonds is 9. The molecule has 0 spiro atoms. The van der Waals surface area contributed by atoms with E-state index in [9.17, 15) is 9.59 Å². The van der Waals surface area contributed by atoms with Gasteiger partial charge in [0.25, 0.3) is 0 Å². The topological polar surface area (TPSA) is 52.7 Å². The number of benzene rings is 2. The van der Waals surface area contributed by atoms with Crippen molar-refractivity contribution < 1.29 is 22.0 Å². The third-order valence-corrected chi connectivity index (χ3v) is 5.68. The summed E-state index contributed by atoms with van der Waals surface area (Å²) in [6.07, 6.45) is 2.60. The molecule has 1 saturated heterocycles. The first-order valence-corrected chi connectivity index (χ1v) is 11.1. The average Bonchev–Trinajstić information content (AvgIpc) is 2.80. The molecule has 1 aliphatic heterocycles. The lowest BCUT2D eigenvalue weighted by molar-refractivity contribution is -0.135. The number of carbonyl (C=O) groups is 2. The van der Waals surface area contributed by atoms with Crippen molar-refractivity contribution in [2.75, 3.05) is 32.7 Å². The summed E-state index contributed by atoms with van der Waals surface area (Å²) < 4.78 is 0. The van der Waals surface area contributed by atoms with Crippen molar-refractivity contribution in [1.82, 2.24) is 15.1 Å². The Labute approximate surface area is 192 Å². The minimum absolute atomic E-state index is 0. The summed E-state index contributed by atoms with van der Waals surface area (Å²) in [5, 5.41) is 2.88. The fourth-order valence-electron chi connectivity index (χ4n) is 3.99. The van der Waals surface area contributed by atoms with Crippen molar-refractivity contribution in [1.29, 1.82) is 0 Å². The van der Waals surface area contributed by atoms with Crippen LogP contribution in [0.5, 0.6) is 0 Å². The molecular formula is C25H33ClN3O2-. The second-order valence-electron chi connectivity index (χ2n) is 7.84. The highest BCUT2D eigenvalue weighted by molar-refractivity contribution is 5.83. The van der Waals surface area contributed by atoms with E-state index in [0.717, 1.165) is 25.9 Å². The van der Waals surface area contributed by atoms with Gasteiger partial charge in [0.15, 0.2) is 0 Å². The molecule has 2 amide bonds. The molecule has 6 heteroatoms. The number of halogens is 1. The largest absolute Gasteiger partial charge is 1.00 e. The van der Waals surface area contributed by atoms with Crippen molar-refractivity contribution in [3.63, 3.8) is 0 Å². The van der Waals surface area contributed by atoms with E-state index >= 15 is 0 Å². The lowest BCUT2D eigenvalue weighted by Crippen LogP contribution is -3.00. The molecule has 0 radical (unpaired) electrons. The molecule has 31 heavy (non-hydrogen) atoms. The molecule has 1 fully saturated rings. The minimum Gasteiger partial charge on any atom is -1.00 e. The van der Waals surface area contributed by atoms with Gasteiger partial charge in [-0.3, -0.25) is 14.5 Å². The number of nitrogens with zero attached hydrogens (tertiary/aromatic N) is 2. The third-order valence-electron chi connectivity index (χ3n) is 5.68. The van der Waals surface area contributed by atoms with Crippen molar-refractivity contribution in [2.45, 2.75) is 38.6 Å². The molecule has 0 saturated carbocycles. The molecule has 1 aliphatic rings. The maximum atomic E-state index is 12.6. The van der Waals surface area contributed by atoms with Crippen LogP contribution in [0.4, 0.5) is 0 Å². The Bertz CT molecular complexity index is 753. The Balaban J connectivity index is 0.00000341. The van der Waals surface area contributed by atoms with Gasteiger partial charge in [-0.15, -0.1) is 0 Å². The van der Waals surface area contributed by atoms with Crippen LogP contribution >= 0.6 is 0 Å². The lowest BCUT2D eigenvalue weighted by atomic mass is 9.96. The molecule has 0 aliphatic carbocycles. The monoisotopic (exact) mass is 442 g/mol. The molecule has 1 heterocycles. The number of nitrogens with one attached hydrogen (secondary N) is 1. The molecule has 1 N–H and O–H groups in total. The quantitative estimate of drug-likeness (QED) is 0.579. The van der Waals surface area contributed by atoms with Crippen molar-refractivity contribution in [2.24, 2.45) is 0 Å². The number of hydrogen-bond acceptors (Lipinski definition) is 3. The predicted octanol–water partition coefficient (Wildman–Crippen LogP) is 0.621. The summed E-state index contributed by atoms with van der Waals surface area (Å²) in [4.78, 5) is 28.8. The molecule has 0 aromatic heterocycles. The zero-order valence-electron chi connectivity index (χ0n) is 18.3. The molecule has 0 atom stereocenters. The maximum Gasteiger partial charge on any atom is 0.223 e. The summed E-state index contributed by atoms with van der Waals surface area (Å²) in [5.74, 6) is 0.0555. The zero-order chi connectivity index (χ0) is 21.2. The summed E-state index contributed by atoms with van der Waals surface area (Å²) in [7, 11) is 0. The second kappa shape index (κ2) is 13.1. The van der Waals surface area contributed by atoms with Crippen LogP contribution in [0.15, 0.2) is 60.7 Å². The number of hydrogen-bond donors (Lipinski definition) is 1. The van der Waals surface area contributed by atoms with E-state index in [-0.39, 0.29) is 36.7 Å². The average molecular weight is 443 g/mol. The highest BCUT2D eigenvalue weighted by Crippen LogP contribution is 2.29. The normalized spacial score (nSPS) is 14.2. The predicted molar refractivity (Wildman–Crippen MR) is 120 cm³/mol. The first kappa shape index (κ1) is 24.9. The number of piperazine rings is 1. The Hall–Kier alpha value is -2.37. The molecule has 0 bridgehead atoms. The molecular weight excluding hydrogens is 410 g/mol. The van der Waals surface area contributed by atoms with Crippen LogP contribution in [-0.4, -0.2) is 54.3 Å². The van der Waals surface area contributed by atoms with Gasteiger partial charge in [-0.25, -0.2) is 0 Å². The van der Waals surface area contributed by atoms with Crippen molar-refractivity contribution in [3.05, 3.63) is 71.8 Å². The fraction of sp³-hybridized carbons (Fsp3) is 0.440. The molecule has 2 aromatic carbocycles. The number of carbonyl (C=O) groups excluding carboxylic acids is 2. The van der Waals surface area contributed by atoms with Gasteiger partial charge in [-0.2, -0.15) is 0 Å². The van der Waals surface area contributed by atoms with Crippen LogP contribution in [0.2, 0.25) is 0 Å². The molecule has 168 valence electrons. The van der Waals surface area contributed by atoms with Crippen LogP contribution in [0, 0.1) is 0 Å². The third kappa shape index (κ3) is 7.37. The summed E-state index contributed by atoms with van der Waals surface area (Å²) in [6, 6.07) is 21.3. The zero-order valence-corrected chi connectivity index (χ0v) is 19.1. The van der Waals surface area contributed by atoms with E-state index in [1.54, 1.807) is 0 Å². The van der Waals surface area contributed by atoms with E-state index in [0.29, 0.717) is 26.1 Å². The van der Waals surface area contributed by atoms with Crippen LogP contribution in [0.1, 0.15) is 49.8 Å². The summed E-state index contributed by atoms with van der Waals surface area (Å²) >= 11 is 0. The van der Waals surface area contributed by atoms with Gasteiger partial charge < -0.3 is 22.6 Å². The Kier molecular flexibility index (Phi) is 10.5. The fourth-order valence-corrected chi connectivity index (χ4v) is 3.99. The maximum absolute atomic E-state index is 12.6. The van der Waals surface area contributed by atoms with Crippen LogP contribution in [-0.2, 0) is 9.59 Å². The molecule has 0 unspecified atom stereocenters. The second-order valence-corrected chi connectivity index (χ2v) is 7.84. The van der Waals surface area contributed by atoms with Gasteiger partial charge in [0.1, 0.15) is 0 Å². The van der Waals surface area contributed by atoms with Crippen molar-refractivity contribution in [3.8, 4) is 0 Å². The van der Waals surface area contributed by atoms with Crippen molar-refractivity contribution >= 4 is 11.8 Å².